The average Bonchev–Trinajstić information content (AvgIpc) is 3.22. The summed E-state index contributed by atoms with van der Waals surface area (Å²) in [5.41, 5.74) is 10.3. The van der Waals surface area contributed by atoms with Gasteiger partial charge in [0.1, 0.15) is 80.0 Å². The highest BCUT2D eigenvalue weighted by molar-refractivity contribution is 9.11. The Morgan fingerprint density at radius 2 is 0.704 bits per heavy atom. The van der Waals surface area contributed by atoms with E-state index in [0.717, 1.165) is 11.3 Å². The number of rotatable bonds is 2. The van der Waals surface area contributed by atoms with E-state index in [4.69, 9.17) is 15.0 Å². The van der Waals surface area contributed by atoms with Crippen LogP contribution < -0.4 is 5.46 Å². The molecule has 54 heavy (non-hydrogen) atoms. The molecule has 4 aromatic carbocycles. The van der Waals surface area contributed by atoms with E-state index >= 15 is 0 Å². The highest BCUT2D eigenvalue weighted by Gasteiger charge is 2.17. The Kier molecular flexibility index (Phi) is 10.1. The summed E-state index contributed by atoms with van der Waals surface area (Å²) in [4.78, 5) is 53.8. The van der Waals surface area contributed by atoms with Crippen molar-refractivity contribution in [2.75, 3.05) is 0 Å². The van der Waals surface area contributed by atoms with Gasteiger partial charge in [0.2, 0.25) is 0 Å². The molecule has 10 aromatic rings. The maximum absolute atomic E-state index is 8.58. The van der Waals surface area contributed by atoms with E-state index < -0.39 is 7.12 Å². The Morgan fingerprint density at radius 1 is 0.370 bits per heavy atom. The fourth-order valence-corrected chi connectivity index (χ4v) is 6.43. The van der Waals surface area contributed by atoms with E-state index in [0.29, 0.717) is 85.5 Å². The minimum atomic E-state index is -1.34. The Balaban J connectivity index is 0.000000127. The first-order chi connectivity index (χ1) is 26.4. The minimum Gasteiger partial charge on any atom is -0.423 e. The van der Waals surface area contributed by atoms with E-state index in [-0.39, 0.29) is 0 Å². The predicted molar refractivity (Wildman–Crippen MR) is 216 cm³/mol. The van der Waals surface area contributed by atoms with Crippen molar-refractivity contribution in [3.05, 3.63) is 124 Å². The van der Waals surface area contributed by atoms with Crippen LogP contribution in [0.25, 0.3) is 77.5 Å². The van der Waals surface area contributed by atoms with Crippen molar-refractivity contribution in [3.8, 4) is 11.3 Å². The van der Waals surface area contributed by atoms with Crippen molar-refractivity contribution in [2.24, 2.45) is 0 Å². The summed E-state index contributed by atoms with van der Waals surface area (Å²) in [5, 5.41) is 17.2. The molecule has 0 bridgehead atoms. The van der Waals surface area contributed by atoms with Crippen molar-refractivity contribution >= 4 is 127 Å². The molecule has 10 rings (SSSR count). The summed E-state index contributed by atoms with van der Waals surface area (Å²) in [5.74, 6) is 0. The van der Waals surface area contributed by atoms with Crippen molar-refractivity contribution in [3.63, 3.8) is 0 Å². The predicted octanol–water partition coefficient (Wildman–Crippen LogP) is 6.35. The number of hydrogen-bond acceptors (Lipinski definition) is 14. The SMILES string of the molecule is Brc1cnc2c3ncc(-c4ccccc4)nc3c3nccnc3c2n1.Brc1cnc2c3ncc(Br)nc3c3nccnc3c2n1.OB(O)c1ccccc1. The van der Waals surface area contributed by atoms with E-state index in [1.54, 1.807) is 73.8 Å². The molecule has 0 aliphatic carbocycles. The molecule has 0 amide bonds. The zero-order chi connectivity index (χ0) is 37.2. The van der Waals surface area contributed by atoms with Crippen LogP contribution in [0.5, 0.6) is 0 Å². The molecule has 0 fully saturated rings. The lowest BCUT2D eigenvalue weighted by Gasteiger charge is -2.08. The number of halogens is 3. The quantitative estimate of drug-likeness (QED) is 0.144. The number of aromatic nitrogens is 12. The summed E-state index contributed by atoms with van der Waals surface area (Å²) in [7, 11) is -1.34. The Bertz CT molecular complexity index is 2870. The lowest BCUT2D eigenvalue weighted by atomic mass is 9.81. The van der Waals surface area contributed by atoms with Gasteiger partial charge >= 0.3 is 7.12 Å². The van der Waals surface area contributed by atoms with Crippen LogP contribution in [0.1, 0.15) is 0 Å². The van der Waals surface area contributed by atoms with Crippen LogP contribution in [-0.2, 0) is 0 Å². The molecular weight excluding hydrogens is 883 g/mol. The van der Waals surface area contributed by atoms with Crippen LogP contribution in [0.2, 0.25) is 0 Å². The van der Waals surface area contributed by atoms with Crippen LogP contribution in [0.4, 0.5) is 0 Å². The van der Waals surface area contributed by atoms with Crippen molar-refractivity contribution < 1.29 is 10.0 Å². The standard InChI is InChI=1S/C18H9BrN6.C12H4Br2N6.C6H7BO2/c19-12-9-23-16-15-17(13-14(18(16)25-12)21-7-6-20-13)24-11(8-22-15)10-4-2-1-3-5-10;13-5-3-17-9-10-12(20-6(14)4-18-10)8-7(11(9)19-5)15-1-2-16-8;8-7(9)6-4-2-1-3-5-6/h1-9H;1-4H;1-5,8-9H. The van der Waals surface area contributed by atoms with Crippen LogP contribution in [0, 0.1) is 0 Å². The summed E-state index contributed by atoms with van der Waals surface area (Å²) < 4.78 is 1.92. The lowest BCUT2D eigenvalue weighted by molar-refractivity contribution is 0.426. The second-order valence-electron chi connectivity index (χ2n) is 11.3. The van der Waals surface area contributed by atoms with E-state index in [1.165, 1.54) is 0 Å². The number of fused-ring (bicyclic) bond motifs is 12. The third kappa shape index (κ3) is 7.04. The highest BCUT2D eigenvalue weighted by Crippen LogP contribution is 2.31. The van der Waals surface area contributed by atoms with Gasteiger partial charge in [0.25, 0.3) is 0 Å². The molecule has 0 aliphatic rings. The summed E-state index contributed by atoms with van der Waals surface area (Å²) in [6.07, 6.45) is 13.2. The molecule has 14 nitrogen and oxygen atoms in total. The maximum Gasteiger partial charge on any atom is 0.488 e. The smallest absolute Gasteiger partial charge is 0.423 e. The molecule has 260 valence electrons. The molecule has 0 unspecified atom stereocenters. The van der Waals surface area contributed by atoms with Gasteiger partial charge in [0.05, 0.1) is 30.5 Å². The summed E-state index contributed by atoms with van der Waals surface area (Å²) in [6, 6.07) is 18.6. The van der Waals surface area contributed by atoms with Gasteiger partial charge in [-0.1, -0.05) is 60.7 Å². The van der Waals surface area contributed by atoms with Gasteiger partial charge in [-0.2, -0.15) is 0 Å². The van der Waals surface area contributed by atoms with Gasteiger partial charge in [-0.15, -0.1) is 0 Å². The third-order valence-corrected chi connectivity index (χ3v) is 9.06. The number of nitrogens with zero attached hydrogens (tertiary/aromatic N) is 12. The van der Waals surface area contributed by atoms with Gasteiger partial charge < -0.3 is 10.0 Å². The molecule has 6 aromatic heterocycles. The molecule has 0 spiro atoms. The van der Waals surface area contributed by atoms with E-state index in [2.05, 4.69) is 103 Å². The minimum absolute atomic E-state index is 0.525. The van der Waals surface area contributed by atoms with Crippen LogP contribution in [0.3, 0.4) is 0 Å². The van der Waals surface area contributed by atoms with Crippen LogP contribution in [0.15, 0.2) is 124 Å². The highest BCUT2D eigenvalue weighted by atomic mass is 79.9. The molecular formula is C36H20BBr3N12O2. The molecule has 0 aliphatic heterocycles. The Hall–Kier alpha value is -5.66. The molecule has 2 N–H and O–H groups in total. The molecule has 0 atom stereocenters. The first-order valence-corrected chi connectivity index (χ1v) is 18.3. The summed E-state index contributed by atoms with van der Waals surface area (Å²) in [6.45, 7) is 0. The first kappa shape index (κ1) is 35.4. The molecule has 18 heteroatoms. The molecule has 0 saturated carbocycles. The van der Waals surface area contributed by atoms with Gasteiger partial charge in [0.15, 0.2) is 0 Å². The molecule has 6 heterocycles. The van der Waals surface area contributed by atoms with Crippen LogP contribution >= 0.6 is 47.8 Å². The van der Waals surface area contributed by atoms with Gasteiger partial charge in [-0.25, -0.2) is 39.9 Å². The zero-order valence-corrected chi connectivity index (χ0v) is 32.1. The monoisotopic (exact) mass is 900 g/mol. The van der Waals surface area contributed by atoms with Gasteiger partial charge in [0, 0.05) is 30.4 Å². The van der Waals surface area contributed by atoms with Crippen molar-refractivity contribution in [1.29, 1.82) is 0 Å². The van der Waals surface area contributed by atoms with E-state index in [9.17, 15) is 0 Å². The topological polar surface area (TPSA) is 195 Å². The third-order valence-electron chi connectivity index (χ3n) is 7.91. The lowest BCUT2D eigenvalue weighted by Crippen LogP contribution is -2.29. The number of benzene rings is 4. The van der Waals surface area contributed by atoms with Crippen molar-refractivity contribution in [2.45, 2.75) is 0 Å². The Labute approximate surface area is 329 Å². The van der Waals surface area contributed by atoms with Gasteiger partial charge in [-0.3, -0.25) is 19.9 Å². The zero-order valence-electron chi connectivity index (χ0n) is 27.4. The van der Waals surface area contributed by atoms with Crippen molar-refractivity contribution in [1.82, 2.24) is 59.8 Å². The molecule has 0 radical (unpaired) electrons. The number of hydrogen-bond donors (Lipinski definition) is 2. The Morgan fingerprint density at radius 3 is 1.07 bits per heavy atom. The largest absolute Gasteiger partial charge is 0.488 e. The average molecular weight is 903 g/mol. The second kappa shape index (κ2) is 15.4. The normalized spacial score (nSPS) is 11.1. The van der Waals surface area contributed by atoms with Gasteiger partial charge in [-0.05, 0) is 53.3 Å². The fourth-order valence-electron chi connectivity index (χ4n) is 5.59. The van der Waals surface area contributed by atoms with Crippen LogP contribution in [-0.4, -0.2) is 77.0 Å². The summed E-state index contributed by atoms with van der Waals surface area (Å²) >= 11 is 10.0. The maximum atomic E-state index is 8.58. The van der Waals surface area contributed by atoms with E-state index in [1.807, 2.05) is 36.4 Å². The molecule has 0 saturated heterocycles. The second-order valence-corrected chi connectivity index (χ2v) is 13.7. The first-order valence-electron chi connectivity index (χ1n) is 15.9. The fraction of sp³-hybridized carbons (Fsp3) is 0.